The van der Waals surface area contributed by atoms with Crippen LogP contribution in [0.25, 0.3) is 0 Å². The van der Waals surface area contributed by atoms with Crippen LogP contribution in [-0.4, -0.2) is 13.6 Å². The second-order valence-corrected chi connectivity index (χ2v) is 4.04. The molecule has 16 heavy (non-hydrogen) atoms. The number of thioether (sulfide) groups is 1. The molecule has 0 fully saturated rings. The number of benzene rings is 1. The van der Waals surface area contributed by atoms with Gasteiger partial charge in [-0.1, -0.05) is 11.6 Å². The maximum atomic E-state index is 8.83. The zero-order valence-electron chi connectivity index (χ0n) is 8.54. The van der Waals surface area contributed by atoms with Gasteiger partial charge in [0.05, 0.1) is 5.56 Å². The van der Waals surface area contributed by atoms with Gasteiger partial charge >= 0.3 is 0 Å². The fourth-order valence-electron chi connectivity index (χ4n) is 0.901. The van der Waals surface area contributed by atoms with Crippen molar-refractivity contribution in [1.82, 2.24) is 5.32 Å². The monoisotopic (exact) mass is 448 g/mol. The first-order valence-electron chi connectivity index (χ1n) is 4.10. The summed E-state index contributed by atoms with van der Waals surface area (Å²) in [6.45, 7) is 0.794. The molecule has 1 radical (unpaired) electrons. The smallest absolute Gasteiger partial charge is 0.100 e. The minimum Gasteiger partial charge on any atom is -0.348 e. The third-order valence-electron chi connectivity index (χ3n) is 1.56. The predicted octanol–water partition coefficient (Wildman–Crippen LogP) is 3.10. The van der Waals surface area contributed by atoms with E-state index in [-0.39, 0.29) is 32.8 Å². The molecule has 1 aromatic carbocycles. The van der Waals surface area contributed by atoms with E-state index in [1.807, 2.05) is 12.8 Å². The Bertz CT molecular complexity index is 355. The van der Waals surface area contributed by atoms with Crippen LogP contribution in [0.3, 0.4) is 0 Å². The molecule has 0 bridgehead atoms. The summed E-state index contributed by atoms with van der Waals surface area (Å²) >= 11 is 7.35. The van der Waals surface area contributed by atoms with Crippen molar-refractivity contribution in [3.63, 3.8) is 0 Å². The van der Waals surface area contributed by atoms with Gasteiger partial charge in [-0.05, 0) is 30.1 Å². The van der Waals surface area contributed by atoms with Crippen LogP contribution in [0.4, 0.5) is 0 Å². The molecule has 0 aromatic heterocycles. The summed E-state index contributed by atoms with van der Waals surface area (Å²) in [6.07, 6.45) is 0. The van der Waals surface area contributed by atoms with Crippen LogP contribution in [0, 0.1) is 17.1 Å². The first kappa shape index (κ1) is 18.6. The van der Waals surface area contributed by atoms with E-state index < -0.39 is 0 Å². The van der Waals surface area contributed by atoms with Crippen molar-refractivity contribution in [3.8, 4) is 6.07 Å². The number of hydrogen-bond acceptors (Lipinski definition) is 3. The van der Waals surface area contributed by atoms with E-state index in [4.69, 9.17) is 16.9 Å². The molecule has 0 saturated heterocycles. The molecule has 89 valence electrons. The number of rotatable bonds is 4. The molecule has 1 aromatic rings. The molecule has 2 nitrogen and oxygen atoms in total. The molecule has 1 N–H and O–H groups in total. The molecule has 0 amide bonds. The van der Waals surface area contributed by atoms with Crippen LogP contribution in [0.2, 0.25) is 5.02 Å². The Balaban J connectivity index is 0. The molecule has 0 aliphatic carbocycles. The summed E-state index contributed by atoms with van der Waals surface area (Å²) in [4.78, 5) is 0.898. The van der Waals surface area contributed by atoms with Crippen LogP contribution >= 0.6 is 35.8 Å². The molecular formula is C10H11Cl2N2ReS-. The van der Waals surface area contributed by atoms with Gasteiger partial charge in [0.2, 0.25) is 0 Å². The van der Waals surface area contributed by atoms with E-state index in [0.29, 0.717) is 10.6 Å². The number of halogens is 2. The quantitative estimate of drug-likeness (QED) is 0.437. The van der Waals surface area contributed by atoms with Gasteiger partial charge in [0.1, 0.15) is 6.07 Å². The Kier molecular flexibility index (Phi) is 12.1. The van der Waals surface area contributed by atoms with Gasteiger partial charge in [0.15, 0.2) is 0 Å². The Morgan fingerprint density at radius 1 is 1.56 bits per heavy atom. The molecule has 0 spiro atoms. The molecular weight excluding hydrogens is 437 g/mol. The van der Waals surface area contributed by atoms with Crippen molar-refractivity contribution in [2.24, 2.45) is 0 Å². The van der Waals surface area contributed by atoms with E-state index >= 15 is 0 Å². The first-order valence-corrected chi connectivity index (χ1v) is 5.36. The van der Waals surface area contributed by atoms with Crippen LogP contribution in [0.1, 0.15) is 5.56 Å². The van der Waals surface area contributed by atoms with Crippen molar-refractivity contribution >= 4 is 35.8 Å². The topological polar surface area (TPSA) is 35.8 Å². The van der Waals surface area contributed by atoms with Crippen LogP contribution in [0.5, 0.6) is 0 Å². The van der Waals surface area contributed by atoms with E-state index in [2.05, 4.69) is 11.4 Å². The largest absolute Gasteiger partial charge is 0.348 e. The second-order valence-electron chi connectivity index (χ2n) is 2.59. The Morgan fingerprint density at radius 3 is 2.81 bits per heavy atom. The molecule has 0 aliphatic heterocycles. The normalized spacial score (nSPS) is 8.56. The third kappa shape index (κ3) is 6.11. The third-order valence-corrected chi connectivity index (χ3v) is 2.72. The summed E-state index contributed by atoms with van der Waals surface area (Å²) in [6, 6.07) is 7.39. The summed E-state index contributed by atoms with van der Waals surface area (Å²) in [5, 5.41) is 12.5. The first-order chi connectivity index (χ1) is 6.77. The predicted molar refractivity (Wildman–Crippen MR) is 67.5 cm³/mol. The van der Waals surface area contributed by atoms with E-state index in [9.17, 15) is 0 Å². The van der Waals surface area contributed by atoms with Crippen molar-refractivity contribution in [3.05, 3.63) is 34.5 Å². The molecule has 0 unspecified atom stereocenters. The van der Waals surface area contributed by atoms with Gasteiger partial charge < -0.3 is 17.1 Å². The molecule has 0 atom stereocenters. The summed E-state index contributed by atoms with van der Waals surface area (Å²) < 4.78 is 0. The van der Waals surface area contributed by atoms with Gasteiger partial charge in [-0.15, -0.1) is 19.0 Å². The molecule has 1 rings (SSSR count). The van der Waals surface area contributed by atoms with Gasteiger partial charge in [-0.2, -0.15) is 5.26 Å². The van der Waals surface area contributed by atoms with Gasteiger partial charge in [-0.25, -0.2) is 0 Å². The molecule has 0 saturated carbocycles. The minimum atomic E-state index is 0. The van der Waals surface area contributed by atoms with Gasteiger partial charge in [0.25, 0.3) is 0 Å². The Hall–Kier alpha value is 0.262. The summed E-state index contributed by atoms with van der Waals surface area (Å²) in [5.74, 6) is 1.99. The SMILES string of the molecule is CNC[CH-]Sc1cc(Cl)ccc1C#N.Cl.[Re]. The van der Waals surface area contributed by atoms with Crippen LogP contribution in [0.15, 0.2) is 23.1 Å². The average Bonchev–Trinajstić information content (AvgIpc) is 2.19. The number of hydrogen-bond donors (Lipinski definition) is 1. The average molecular weight is 448 g/mol. The number of nitrogens with one attached hydrogen (secondary N) is 1. The zero-order valence-corrected chi connectivity index (χ0v) is 13.6. The Labute approximate surface area is 125 Å². The fraction of sp³-hybridized carbons (Fsp3) is 0.200. The van der Waals surface area contributed by atoms with Crippen LogP contribution < -0.4 is 5.32 Å². The van der Waals surface area contributed by atoms with Gasteiger partial charge in [-0.3, -0.25) is 5.75 Å². The summed E-state index contributed by atoms with van der Waals surface area (Å²) in [7, 11) is 1.88. The Morgan fingerprint density at radius 2 is 2.25 bits per heavy atom. The number of nitriles is 1. The van der Waals surface area contributed by atoms with Crippen molar-refractivity contribution in [2.45, 2.75) is 4.90 Å². The summed E-state index contributed by atoms with van der Waals surface area (Å²) in [5.41, 5.74) is 0.659. The van der Waals surface area contributed by atoms with Crippen LogP contribution in [-0.2, 0) is 20.4 Å². The van der Waals surface area contributed by atoms with Crippen molar-refractivity contribution in [2.75, 3.05) is 13.6 Å². The van der Waals surface area contributed by atoms with Gasteiger partial charge in [0, 0.05) is 25.4 Å². The fourth-order valence-corrected chi connectivity index (χ4v) is 2.00. The number of nitrogens with zero attached hydrogens (tertiary/aromatic N) is 1. The van der Waals surface area contributed by atoms with Crippen molar-refractivity contribution < 1.29 is 20.4 Å². The van der Waals surface area contributed by atoms with E-state index in [1.165, 1.54) is 11.8 Å². The van der Waals surface area contributed by atoms with Crippen molar-refractivity contribution in [1.29, 1.82) is 5.26 Å². The molecule has 6 heteroatoms. The molecule has 0 heterocycles. The molecule has 0 aliphatic rings. The maximum absolute atomic E-state index is 8.83. The zero-order chi connectivity index (χ0) is 10.4. The maximum Gasteiger partial charge on any atom is 0.100 e. The van der Waals surface area contributed by atoms with E-state index in [1.54, 1.807) is 18.2 Å². The van der Waals surface area contributed by atoms with E-state index in [0.717, 1.165) is 11.4 Å². The second kappa shape index (κ2) is 10.4. The minimum absolute atomic E-state index is 0. The standard InChI is InChI=1S/C10H10ClN2S.ClH.Re/c1-13-4-5-14-10-6-9(11)3-2-8(10)7-12;;/h2-3,5-6,13H,4H2,1H3;1H;/q-1;;.